The lowest BCUT2D eigenvalue weighted by atomic mass is 9.73. The van der Waals surface area contributed by atoms with Gasteiger partial charge in [0, 0.05) is 11.5 Å². The summed E-state index contributed by atoms with van der Waals surface area (Å²) in [5.41, 5.74) is 7.47. The quantitative estimate of drug-likeness (QED) is 0.840. The van der Waals surface area contributed by atoms with Crippen molar-refractivity contribution >= 4 is 0 Å². The first-order valence-corrected chi connectivity index (χ1v) is 6.17. The van der Waals surface area contributed by atoms with E-state index in [9.17, 15) is 5.11 Å². The Morgan fingerprint density at radius 2 is 1.53 bits per heavy atom. The molecule has 1 aromatic carbocycles. The standard InChI is InChI=1S/C15H25NO/c1-14(2,3)10-13(15(4,5)16)11-6-8-12(17)9-7-11/h6-9,13,17H,10,16H2,1-5H3. The van der Waals surface area contributed by atoms with Gasteiger partial charge in [-0.2, -0.15) is 0 Å². The van der Waals surface area contributed by atoms with Crippen molar-refractivity contribution in [1.29, 1.82) is 0 Å². The number of nitrogens with two attached hydrogens (primary N) is 1. The van der Waals surface area contributed by atoms with Crippen LogP contribution in [0.5, 0.6) is 5.75 Å². The van der Waals surface area contributed by atoms with Gasteiger partial charge in [0.15, 0.2) is 0 Å². The van der Waals surface area contributed by atoms with Gasteiger partial charge in [-0.3, -0.25) is 0 Å². The Hall–Kier alpha value is -1.02. The fourth-order valence-electron chi connectivity index (χ4n) is 2.13. The molecule has 0 aromatic heterocycles. The molecule has 3 N–H and O–H groups in total. The molecule has 0 amide bonds. The smallest absolute Gasteiger partial charge is 0.115 e. The van der Waals surface area contributed by atoms with E-state index in [1.54, 1.807) is 12.1 Å². The minimum Gasteiger partial charge on any atom is -0.508 e. The second-order valence-corrected chi connectivity index (χ2v) is 6.73. The first kappa shape index (κ1) is 14.0. The number of hydrogen-bond donors (Lipinski definition) is 2. The first-order chi connectivity index (χ1) is 7.59. The molecule has 0 radical (unpaired) electrons. The molecule has 2 nitrogen and oxygen atoms in total. The third-order valence-electron chi connectivity index (χ3n) is 3.01. The molecule has 2 heteroatoms. The van der Waals surface area contributed by atoms with Crippen LogP contribution in [-0.4, -0.2) is 10.6 Å². The van der Waals surface area contributed by atoms with Gasteiger partial charge in [0.1, 0.15) is 5.75 Å². The van der Waals surface area contributed by atoms with Gasteiger partial charge in [-0.25, -0.2) is 0 Å². The molecule has 96 valence electrons. The van der Waals surface area contributed by atoms with E-state index in [2.05, 4.69) is 34.6 Å². The molecule has 1 aromatic rings. The molecule has 0 heterocycles. The summed E-state index contributed by atoms with van der Waals surface area (Å²) in [7, 11) is 0. The predicted molar refractivity (Wildman–Crippen MR) is 73.2 cm³/mol. The Balaban J connectivity index is 3.03. The van der Waals surface area contributed by atoms with Crippen LogP contribution in [0.1, 0.15) is 52.5 Å². The van der Waals surface area contributed by atoms with Crippen LogP contribution in [0, 0.1) is 5.41 Å². The minimum atomic E-state index is -0.260. The molecule has 17 heavy (non-hydrogen) atoms. The van der Waals surface area contributed by atoms with E-state index < -0.39 is 0 Å². The van der Waals surface area contributed by atoms with E-state index in [1.165, 1.54) is 5.56 Å². The average molecular weight is 235 g/mol. The van der Waals surface area contributed by atoms with Gasteiger partial charge in [-0.1, -0.05) is 32.9 Å². The Morgan fingerprint density at radius 3 is 1.88 bits per heavy atom. The lowest BCUT2D eigenvalue weighted by Crippen LogP contribution is -2.41. The Morgan fingerprint density at radius 1 is 1.06 bits per heavy atom. The zero-order valence-electron chi connectivity index (χ0n) is 11.6. The maximum atomic E-state index is 9.34. The molecule has 1 unspecified atom stereocenters. The maximum absolute atomic E-state index is 9.34. The normalized spacial score (nSPS) is 14.7. The van der Waals surface area contributed by atoms with Crippen molar-refractivity contribution in [3.05, 3.63) is 29.8 Å². The van der Waals surface area contributed by atoms with E-state index in [4.69, 9.17) is 5.73 Å². The highest BCUT2D eigenvalue weighted by Crippen LogP contribution is 2.37. The summed E-state index contributed by atoms with van der Waals surface area (Å²) >= 11 is 0. The van der Waals surface area contributed by atoms with Gasteiger partial charge in [-0.15, -0.1) is 0 Å². The summed E-state index contributed by atoms with van der Waals surface area (Å²) in [6, 6.07) is 7.41. The number of rotatable bonds is 3. The second-order valence-electron chi connectivity index (χ2n) is 6.73. The highest BCUT2D eigenvalue weighted by molar-refractivity contribution is 5.30. The number of hydrogen-bond acceptors (Lipinski definition) is 2. The summed E-state index contributed by atoms with van der Waals surface area (Å²) in [5, 5.41) is 9.34. The van der Waals surface area contributed by atoms with Crippen molar-refractivity contribution in [2.24, 2.45) is 11.1 Å². The van der Waals surface area contributed by atoms with Gasteiger partial charge < -0.3 is 10.8 Å². The molecular formula is C15H25NO. The Kier molecular flexibility index (Phi) is 3.88. The zero-order chi connectivity index (χ0) is 13.3. The largest absolute Gasteiger partial charge is 0.508 e. The summed E-state index contributed by atoms with van der Waals surface area (Å²) < 4.78 is 0. The van der Waals surface area contributed by atoms with Crippen molar-refractivity contribution < 1.29 is 5.11 Å². The predicted octanol–water partition coefficient (Wildman–Crippen LogP) is 3.65. The van der Waals surface area contributed by atoms with Crippen molar-refractivity contribution in [3.8, 4) is 5.75 Å². The van der Waals surface area contributed by atoms with E-state index in [-0.39, 0.29) is 11.0 Å². The summed E-state index contributed by atoms with van der Waals surface area (Å²) in [5.74, 6) is 0.598. The maximum Gasteiger partial charge on any atom is 0.115 e. The summed E-state index contributed by atoms with van der Waals surface area (Å²) in [4.78, 5) is 0. The van der Waals surface area contributed by atoms with Crippen molar-refractivity contribution in [2.45, 2.75) is 52.5 Å². The van der Waals surface area contributed by atoms with Gasteiger partial charge in [-0.05, 0) is 43.4 Å². The SMILES string of the molecule is CC(C)(C)CC(c1ccc(O)cc1)C(C)(C)N. The Bertz CT molecular complexity index is 354. The van der Waals surface area contributed by atoms with E-state index in [0.29, 0.717) is 11.7 Å². The van der Waals surface area contributed by atoms with Crippen LogP contribution in [0.2, 0.25) is 0 Å². The van der Waals surface area contributed by atoms with E-state index >= 15 is 0 Å². The molecule has 1 atom stereocenters. The monoisotopic (exact) mass is 235 g/mol. The first-order valence-electron chi connectivity index (χ1n) is 6.17. The lowest BCUT2D eigenvalue weighted by Gasteiger charge is -2.36. The number of phenolic OH excluding ortho intramolecular Hbond substituents is 1. The van der Waals surface area contributed by atoms with Crippen LogP contribution < -0.4 is 5.73 Å². The summed E-state index contributed by atoms with van der Waals surface area (Å²) in [6.45, 7) is 10.8. The molecule has 1 rings (SSSR count). The Labute approximate surface area is 105 Å². The lowest BCUT2D eigenvalue weighted by molar-refractivity contribution is 0.275. The fraction of sp³-hybridized carbons (Fsp3) is 0.600. The topological polar surface area (TPSA) is 46.2 Å². The molecule has 0 aliphatic carbocycles. The van der Waals surface area contributed by atoms with Crippen molar-refractivity contribution in [2.75, 3.05) is 0 Å². The highest BCUT2D eigenvalue weighted by Gasteiger charge is 2.30. The van der Waals surface area contributed by atoms with E-state index in [1.807, 2.05) is 12.1 Å². The number of benzene rings is 1. The van der Waals surface area contributed by atoms with Crippen LogP contribution in [0.3, 0.4) is 0 Å². The van der Waals surface area contributed by atoms with E-state index in [0.717, 1.165) is 6.42 Å². The molecule has 0 bridgehead atoms. The molecule has 0 aliphatic heterocycles. The summed E-state index contributed by atoms with van der Waals surface area (Å²) in [6.07, 6.45) is 1.03. The van der Waals surface area contributed by atoms with Gasteiger partial charge in [0.25, 0.3) is 0 Å². The minimum absolute atomic E-state index is 0.235. The van der Waals surface area contributed by atoms with Gasteiger partial charge in [0.2, 0.25) is 0 Å². The second kappa shape index (κ2) is 4.69. The highest BCUT2D eigenvalue weighted by atomic mass is 16.3. The van der Waals surface area contributed by atoms with Gasteiger partial charge >= 0.3 is 0 Å². The molecule has 0 aliphatic rings. The van der Waals surface area contributed by atoms with Gasteiger partial charge in [0.05, 0.1) is 0 Å². The van der Waals surface area contributed by atoms with Crippen molar-refractivity contribution in [3.63, 3.8) is 0 Å². The van der Waals surface area contributed by atoms with Crippen LogP contribution in [0.4, 0.5) is 0 Å². The molecule has 0 saturated carbocycles. The molecule has 0 saturated heterocycles. The van der Waals surface area contributed by atoms with Crippen molar-refractivity contribution in [1.82, 2.24) is 0 Å². The molecule has 0 fully saturated rings. The molecular weight excluding hydrogens is 210 g/mol. The number of aromatic hydroxyl groups is 1. The third-order valence-corrected chi connectivity index (χ3v) is 3.01. The third kappa shape index (κ3) is 4.39. The zero-order valence-corrected chi connectivity index (χ0v) is 11.6. The van der Waals surface area contributed by atoms with Crippen LogP contribution >= 0.6 is 0 Å². The molecule has 0 spiro atoms. The fourth-order valence-corrected chi connectivity index (χ4v) is 2.13. The van der Waals surface area contributed by atoms with Crippen LogP contribution in [0.15, 0.2) is 24.3 Å². The van der Waals surface area contributed by atoms with Crippen LogP contribution in [-0.2, 0) is 0 Å². The average Bonchev–Trinajstić information content (AvgIpc) is 2.13. The number of phenols is 1. The van der Waals surface area contributed by atoms with Crippen LogP contribution in [0.25, 0.3) is 0 Å².